The van der Waals surface area contributed by atoms with E-state index in [1.807, 2.05) is 6.92 Å². The highest BCUT2D eigenvalue weighted by atomic mass is 35.5. The van der Waals surface area contributed by atoms with Crippen LogP contribution in [-0.2, 0) is 0 Å². The molecule has 0 aromatic heterocycles. The van der Waals surface area contributed by atoms with E-state index < -0.39 is 0 Å². The summed E-state index contributed by atoms with van der Waals surface area (Å²) in [6, 6.07) is 4.68. The van der Waals surface area contributed by atoms with Gasteiger partial charge in [0.25, 0.3) is 0 Å². The smallest absolute Gasteiger partial charge is 0.138 e. The molecule has 3 heteroatoms. The molecule has 1 aromatic rings. The number of hydrogen-bond acceptors (Lipinski definition) is 2. The first-order chi connectivity index (χ1) is 5.74. The lowest BCUT2D eigenvalue weighted by atomic mass is 10.3. The van der Waals surface area contributed by atoms with Gasteiger partial charge in [0.2, 0.25) is 0 Å². The van der Waals surface area contributed by atoms with Crippen LogP contribution in [0.3, 0.4) is 0 Å². The van der Waals surface area contributed by atoms with Gasteiger partial charge < -0.3 is 9.84 Å². The maximum absolute atomic E-state index is 9.02. The molecule has 0 saturated heterocycles. The number of ether oxygens (including phenoxy) is 1. The third kappa shape index (κ3) is 2.31. The standard InChI is InChI=1S/C9H11ClO2/c1-2-5-12-9-4-3-7(11)6-8(9)10/h3-4,6,11H,2,5H2,1H3. The molecule has 0 aliphatic rings. The summed E-state index contributed by atoms with van der Waals surface area (Å²) in [5.41, 5.74) is 0. The van der Waals surface area contributed by atoms with Crippen LogP contribution in [0, 0.1) is 0 Å². The zero-order valence-electron chi connectivity index (χ0n) is 6.88. The molecule has 0 saturated carbocycles. The van der Waals surface area contributed by atoms with Crippen molar-refractivity contribution in [2.24, 2.45) is 0 Å². The molecule has 0 fully saturated rings. The van der Waals surface area contributed by atoms with E-state index in [-0.39, 0.29) is 5.75 Å². The van der Waals surface area contributed by atoms with Crippen molar-refractivity contribution < 1.29 is 9.84 Å². The third-order valence-electron chi connectivity index (χ3n) is 1.38. The van der Waals surface area contributed by atoms with Crippen LogP contribution in [0.15, 0.2) is 18.2 Å². The van der Waals surface area contributed by atoms with Crippen LogP contribution >= 0.6 is 11.6 Å². The number of phenols is 1. The van der Waals surface area contributed by atoms with Gasteiger partial charge in [-0.3, -0.25) is 0 Å². The topological polar surface area (TPSA) is 29.5 Å². The Morgan fingerprint density at radius 3 is 2.83 bits per heavy atom. The molecule has 0 aliphatic carbocycles. The summed E-state index contributed by atoms with van der Waals surface area (Å²) in [6.45, 7) is 2.67. The van der Waals surface area contributed by atoms with E-state index in [0.29, 0.717) is 17.4 Å². The monoisotopic (exact) mass is 186 g/mol. The van der Waals surface area contributed by atoms with E-state index in [9.17, 15) is 0 Å². The number of rotatable bonds is 3. The van der Waals surface area contributed by atoms with Crippen LogP contribution in [0.25, 0.3) is 0 Å². The highest BCUT2D eigenvalue weighted by Crippen LogP contribution is 2.27. The Labute approximate surface area is 76.7 Å². The number of halogens is 1. The van der Waals surface area contributed by atoms with Crippen LogP contribution < -0.4 is 4.74 Å². The van der Waals surface area contributed by atoms with Gasteiger partial charge >= 0.3 is 0 Å². The molecule has 2 nitrogen and oxygen atoms in total. The number of aromatic hydroxyl groups is 1. The summed E-state index contributed by atoms with van der Waals surface area (Å²) in [5.74, 6) is 0.778. The minimum Gasteiger partial charge on any atom is -0.508 e. The minimum atomic E-state index is 0.156. The molecule has 0 atom stereocenters. The second-order valence-electron chi connectivity index (χ2n) is 2.46. The molecular formula is C9H11ClO2. The highest BCUT2D eigenvalue weighted by molar-refractivity contribution is 6.32. The Hall–Kier alpha value is -0.890. The summed E-state index contributed by atoms with van der Waals surface area (Å²) < 4.78 is 5.30. The fourth-order valence-corrected chi connectivity index (χ4v) is 1.05. The van der Waals surface area contributed by atoms with Gasteiger partial charge in [-0.2, -0.15) is 0 Å². The second-order valence-corrected chi connectivity index (χ2v) is 2.87. The maximum atomic E-state index is 9.02. The summed E-state index contributed by atoms with van der Waals surface area (Å²) in [5, 5.41) is 9.47. The largest absolute Gasteiger partial charge is 0.508 e. The molecule has 0 bridgehead atoms. The van der Waals surface area contributed by atoms with Crippen molar-refractivity contribution in [1.29, 1.82) is 0 Å². The van der Waals surface area contributed by atoms with Gasteiger partial charge in [-0.15, -0.1) is 0 Å². The Balaban J connectivity index is 2.72. The minimum absolute atomic E-state index is 0.156. The Kier molecular flexibility index (Phi) is 3.23. The fraction of sp³-hybridized carbons (Fsp3) is 0.333. The summed E-state index contributed by atoms with van der Waals surface area (Å²) in [6.07, 6.45) is 0.942. The van der Waals surface area contributed by atoms with Crippen molar-refractivity contribution >= 4 is 11.6 Å². The van der Waals surface area contributed by atoms with Crippen molar-refractivity contribution in [3.05, 3.63) is 23.2 Å². The van der Waals surface area contributed by atoms with E-state index in [0.717, 1.165) is 6.42 Å². The summed E-state index contributed by atoms with van der Waals surface area (Å²) in [7, 11) is 0. The SMILES string of the molecule is CCCOc1ccc(O)cc1Cl. The van der Waals surface area contributed by atoms with Gasteiger partial charge in [0.15, 0.2) is 0 Å². The van der Waals surface area contributed by atoms with Gasteiger partial charge in [0.1, 0.15) is 11.5 Å². The van der Waals surface area contributed by atoms with E-state index in [2.05, 4.69) is 0 Å². The number of benzene rings is 1. The average molecular weight is 187 g/mol. The van der Waals surface area contributed by atoms with Crippen molar-refractivity contribution in [3.63, 3.8) is 0 Å². The van der Waals surface area contributed by atoms with Gasteiger partial charge in [-0.25, -0.2) is 0 Å². The van der Waals surface area contributed by atoms with E-state index in [1.165, 1.54) is 6.07 Å². The molecule has 0 unspecified atom stereocenters. The molecule has 0 radical (unpaired) electrons. The van der Waals surface area contributed by atoms with E-state index in [4.69, 9.17) is 21.4 Å². The number of phenolic OH excluding ortho intramolecular Hbond substituents is 1. The lowest BCUT2D eigenvalue weighted by Crippen LogP contribution is -1.94. The van der Waals surface area contributed by atoms with Crippen molar-refractivity contribution in [2.45, 2.75) is 13.3 Å². The van der Waals surface area contributed by atoms with Gasteiger partial charge in [0, 0.05) is 6.07 Å². The summed E-state index contributed by atoms with van der Waals surface area (Å²) >= 11 is 5.78. The fourth-order valence-electron chi connectivity index (χ4n) is 0.819. The van der Waals surface area contributed by atoms with Crippen LogP contribution in [0.1, 0.15) is 13.3 Å². The average Bonchev–Trinajstić information content (AvgIpc) is 2.03. The molecule has 0 heterocycles. The van der Waals surface area contributed by atoms with Crippen molar-refractivity contribution in [3.8, 4) is 11.5 Å². The third-order valence-corrected chi connectivity index (χ3v) is 1.67. The van der Waals surface area contributed by atoms with Crippen molar-refractivity contribution in [2.75, 3.05) is 6.61 Å². The van der Waals surface area contributed by atoms with Gasteiger partial charge in [-0.05, 0) is 18.6 Å². The molecule has 0 amide bonds. The second kappa shape index (κ2) is 4.21. The van der Waals surface area contributed by atoms with Crippen molar-refractivity contribution in [1.82, 2.24) is 0 Å². The molecule has 1 rings (SSSR count). The lowest BCUT2D eigenvalue weighted by molar-refractivity contribution is 0.317. The summed E-state index contributed by atoms with van der Waals surface area (Å²) in [4.78, 5) is 0. The first-order valence-electron chi connectivity index (χ1n) is 3.85. The first kappa shape index (κ1) is 9.20. The van der Waals surface area contributed by atoms with Crippen LogP contribution in [0.2, 0.25) is 5.02 Å². The zero-order valence-corrected chi connectivity index (χ0v) is 7.64. The van der Waals surface area contributed by atoms with E-state index in [1.54, 1.807) is 12.1 Å². The quantitative estimate of drug-likeness (QED) is 0.787. The molecule has 0 aliphatic heterocycles. The first-order valence-corrected chi connectivity index (χ1v) is 4.23. The predicted octanol–water partition coefficient (Wildman–Crippen LogP) is 2.83. The number of hydrogen-bond donors (Lipinski definition) is 1. The molecule has 0 spiro atoms. The molecule has 1 N–H and O–H groups in total. The maximum Gasteiger partial charge on any atom is 0.138 e. The molecular weight excluding hydrogens is 176 g/mol. The Morgan fingerprint density at radius 1 is 1.50 bits per heavy atom. The van der Waals surface area contributed by atoms with Gasteiger partial charge in [-0.1, -0.05) is 18.5 Å². The molecule has 12 heavy (non-hydrogen) atoms. The molecule has 1 aromatic carbocycles. The Bertz CT molecular complexity index is 261. The van der Waals surface area contributed by atoms with E-state index >= 15 is 0 Å². The van der Waals surface area contributed by atoms with Crippen LogP contribution in [0.4, 0.5) is 0 Å². The lowest BCUT2D eigenvalue weighted by Gasteiger charge is -2.05. The Morgan fingerprint density at radius 2 is 2.25 bits per heavy atom. The van der Waals surface area contributed by atoms with Crippen LogP contribution in [0.5, 0.6) is 11.5 Å². The normalized spacial score (nSPS) is 9.83. The highest BCUT2D eigenvalue weighted by Gasteiger charge is 2.00. The molecule has 66 valence electrons. The zero-order chi connectivity index (χ0) is 8.97. The van der Waals surface area contributed by atoms with Crippen LogP contribution in [-0.4, -0.2) is 11.7 Å². The van der Waals surface area contributed by atoms with Gasteiger partial charge in [0.05, 0.1) is 11.6 Å². The predicted molar refractivity (Wildman–Crippen MR) is 48.9 cm³/mol.